The van der Waals surface area contributed by atoms with Crippen LogP contribution in [0.3, 0.4) is 0 Å². The second-order valence-corrected chi connectivity index (χ2v) is 6.96. The van der Waals surface area contributed by atoms with Crippen LogP contribution < -0.4 is 0 Å². The number of thiophene rings is 1. The molecular formula is C20H17F2NO3S. The number of carbonyl (C=O) groups is 2. The Labute approximate surface area is 159 Å². The number of hydrogen-bond acceptors (Lipinski definition) is 4. The summed E-state index contributed by atoms with van der Waals surface area (Å²) in [5, 5.41) is 0.349. The van der Waals surface area contributed by atoms with E-state index in [1.807, 2.05) is 0 Å². The monoisotopic (exact) mass is 389 g/mol. The number of benzene rings is 2. The van der Waals surface area contributed by atoms with Crippen molar-refractivity contribution in [3.63, 3.8) is 0 Å². The summed E-state index contributed by atoms with van der Waals surface area (Å²) in [6.45, 7) is 1.96. The minimum atomic E-state index is -0.675. The molecule has 0 aliphatic carbocycles. The molecule has 0 bridgehead atoms. The average molecular weight is 389 g/mol. The zero-order valence-corrected chi connectivity index (χ0v) is 15.4. The van der Waals surface area contributed by atoms with E-state index in [4.69, 9.17) is 4.74 Å². The minimum absolute atomic E-state index is 0.221. The lowest BCUT2D eigenvalue weighted by Gasteiger charge is -2.20. The fourth-order valence-electron chi connectivity index (χ4n) is 2.65. The molecule has 1 aromatic heterocycles. The highest BCUT2D eigenvalue weighted by molar-refractivity contribution is 7.20. The first-order chi connectivity index (χ1) is 13.0. The van der Waals surface area contributed by atoms with Gasteiger partial charge >= 0.3 is 5.97 Å². The molecule has 0 aliphatic rings. The Hall–Kier alpha value is -2.80. The van der Waals surface area contributed by atoms with Crippen molar-refractivity contribution in [2.24, 2.45) is 0 Å². The number of amides is 1. The molecule has 0 atom stereocenters. The van der Waals surface area contributed by atoms with Gasteiger partial charge in [0.05, 0.1) is 0 Å². The molecule has 0 fully saturated rings. The van der Waals surface area contributed by atoms with Crippen LogP contribution in [-0.4, -0.2) is 29.9 Å². The molecule has 4 nitrogen and oxygen atoms in total. The quantitative estimate of drug-likeness (QED) is 0.588. The molecule has 27 heavy (non-hydrogen) atoms. The summed E-state index contributed by atoms with van der Waals surface area (Å²) in [4.78, 5) is 26.2. The highest BCUT2D eigenvalue weighted by atomic mass is 32.1. The minimum Gasteiger partial charge on any atom is -0.451 e. The number of esters is 1. The molecule has 1 heterocycles. The lowest BCUT2D eigenvalue weighted by Crippen LogP contribution is -2.34. The van der Waals surface area contributed by atoms with Gasteiger partial charge in [0.1, 0.15) is 16.5 Å². The van der Waals surface area contributed by atoms with Crippen LogP contribution in [0, 0.1) is 11.6 Å². The van der Waals surface area contributed by atoms with Gasteiger partial charge in [-0.3, -0.25) is 4.79 Å². The lowest BCUT2D eigenvalue weighted by atomic mass is 10.2. The van der Waals surface area contributed by atoms with Crippen molar-refractivity contribution in [2.75, 3.05) is 13.2 Å². The van der Waals surface area contributed by atoms with Crippen LogP contribution in [0.5, 0.6) is 0 Å². The Morgan fingerprint density at radius 3 is 2.59 bits per heavy atom. The Morgan fingerprint density at radius 1 is 1.11 bits per heavy atom. The molecular weight excluding hydrogens is 372 g/mol. The average Bonchev–Trinajstić information content (AvgIpc) is 3.10. The fourth-order valence-corrected chi connectivity index (χ4v) is 3.62. The van der Waals surface area contributed by atoms with Crippen molar-refractivity contribution < 1.29 is 23.1 Å². The number of carbonyl (C=O) groups excluding carboxylic acids is 2. The lowest BCUT2D eigenvalue weighted by molar-refractivity contribution is -0.134. The van der Waals surface area contributed by atoms with E-state index in [0.29, 0.717) is 22.2 Å². The van der Waals surface area contributed by atoms with E-state index in [0.717, 1.165) is 11.3 Å². The summed E-state index contributed by atoms with van der Waals surface area (Å²) in [6, 6.07) is 12.0. The van der Waals surface area contributed by atoms with Crippen LogP contribution >= 0.6 is 11.3 Å². The predicted octanol–water partition coefficient (Wildman–Crippen LogP) is 4.39. The summed E-state index contributed by atoms with van der Waals surface area (Å²) in [6.07, 6.45) is 0. The van der Waals surface area contributed by atoms with E-state index in [-0.39, 0.29) is 23.1 Å². The van der Waals surface area contributed by atoms with Gasteiger partial charge in [-0.15, -0.1) is 11.3 Å². The maximum Gasteiger partial charge on any atom is 0.348 e. The highest BCUT2D eigenvalue weighted by Gasteiger charge is 2.18. The van der Waals surface area contributed by atoms with Crippen LogP contribution in [0.4, 0.5) is 8.78 Å². The molecule has 0 radical (unpaired) electrons. The Bertz CT molecular complexity index is 986. The smallest absolute Gasteiger partial charge is 0.348 e. The number of hydrogen-bond donors (Lipinski definition) is 0. The summed E-state index contributed by atoms with van der Waals surface area (Å²) < 4.78 is 32.7. The van der Waals surface area contributed by atoms with E-state index in [1.165, 1.54) is 29.2 Å². The number of halogens is 2. The molecule has 0 aliphatic heterocycles. The van der Waals surface area contributed by atoms with Gasteiger partial charge in [0.15, 0.2) is 6.61 Å². The first-order valence-electron chi connectivity index (χ1n) is 8.35. The Morgan fingerprint density at radius 2 is 1.89 bits per heavy atom. The molecule has 0 N–H and O–H groups in total. The molecule has 2 aromatic carbocycles. The van der Waals surface area contributed by atoms with E-state index in [1.54, 1.807) is 31.2 Å². The number of likely N-dealkylation sites (N-methyl/N-ethyl adjacent to an activating group) is 1. The highest BCUT2D eigenvalue weighted by Crippen LogP contribution is 2.28. The van der Waals surface area contributed by atoms with Crippen molar-refractivity contribution in [3.05, 3.63) is 70.6 Å². The Kier molecular flexibility index (Phi) is 5.81. The standard InChI is InChI=1S/C20H17F2NO3S/c1-2-23(11-13-5-3-6-14(21)9-13)19(24)12-26-20(25)18-10-15-16(22)7-4-8-17(15)27-18/h3-10H,2,11-12H2,1H3. The van der Waals surface area contributed by atoms with Crippen LogP contribution in [-0.2, 0) is 16.1 Å². The largest absolute Gasteiger partial charge is 0.451 e. The van der Waals surface area contributed by atoms with Crippen molar-refractivity contribution in [1.29, 1.82) is 0 Å². The normalized spacial score (nSPS) is 10.8. The fraction of sp³-hybridized carbons (Fsp3) is 0.200. The van der Waals surface area contributed by atoms with Crippen LogP contribution in [0.15, 0.2) is 48.5 Å². The predicted molar refractivity (Wildman–Crippen MR) is 99.6 cm³/mol. The van der Waals surface area contributed by atoms with Crippen molar-refractivity contribution in [1.82, 2.24) is 4.90 Å². The van der Waals surface area contributed by atoms with Gasteiger partial charge in [0.25, 0.3) is 5.91 Å². The zero-order chi connectivity index (χ0) is 19.4. The number of nitrogens with zero attached hydrogens (tertiary/aromatic N) is 1. The number of ether oxygens (including phenoxy) is 1. The van der Waals surface area contributed by atoms with Gasteiger partial charge < -0.3 is 9.64 Å². The van der Waals surface area contributed by atoms with Crippen molar-refractivity contribution in [3.8, 4) is 0 Å². The molecule has 0 unspecified atom stereocenters. The van der Waals surface area contributed by atoms with Gasteiger partial charge in [-0.1, -0.05) is 18.2 Å². The molecule has 3 rings (SSSR count). The van der Waals surface area contributed by atoms with Crippen LogP contribution in [0.25, 0.3) is 10.1 Å². The van der Waals surface area contributed by atoms with Crippen LogP contribution in [0.2, 0.25) is 0 Å². The zero-order valence-electron chi connectivity index (χ0n) is 14.6. The van der Waals surface area contributed by atoms with Gasteiger partial charge in [-0.05, 0) is 42.8 Å². The summed E-state index contributed by atoms with van der Waals surface area (Å²) in [5.41, 5.74) is 0.650. The number of rotatable bonds is 6. The third kappa shape index (κ3) is 4.49. The molecule has 3 aromatic rings. The SMILES string of the molecule is CCN(Cc1cccc(F)c1)C(=O)COC(=O)c1cc2c(F)cccc2s1. The van der Waals surface area contributed by atoms with E-state index in [9.17, 15) is 18.4 Å². The molecule has 0 saturated heterocycles. The molecule has 1 amide bonds. The van der Waals surface area contributed by atoms with Gasteiger partial charge in [-0.2, -0.15) is 0 Å². The topological polar surface area (TPSA) is 46.6 Å². The molecule has 7 heteroatoms. The van der Waals surface area contributed by atoms with Gasteiger partial charge in [-0.25, -0.2) is 13.6 Å². The summed E-state index contributed by atoms with van der Waals surface area (Å²) >= 11 is 1.11. The molecule has 0 saturated carbocycles. The van der Waals surface area contributed by atoms with E-state index in [2.05, 4.69) is 0 Å². The maximum atomic E-state index is 13.7. The second kappa shape index (κ2) is 8.26. The molecule has 140 valence electrons. The molecule has 0 spiro atoms. The maximum absolute atomic E-state index is 13.7. The van der Waals surface area contributed by atoms with Gasteiger partial charge in [0.2, 0.25) is 0 Å². The van der Waals surface area contributed by atoms with E-state index >= 15 is 0 Å². The third-order valence-electron chi connectivity index (χ3n) is 4.03. The first-order valence-corrected chi connectivity index (χ1v) is 9.17. The second-order valence-electron chi connectivity index (χ2n) is 5.88. The summed E-state index contributed by atoms with van der Waals surface area (Å²) in [7, 11) is 0. The van der Waals surface area contributed by atoms with Crippen LogP contribution in [0.1, 0.15) is 22.2 Å². The number of fused-ring (bicyclic) bond motifs is 1. The third-order valence-corrected chi connectivity index (χ3v) is 5.11. The van der Waals surface area contributed by atoms with E-state index < -0.39 is 18.4 Å². The summed E-state index contributed by atoms with van der Waals surface area (Å²) in [5.74, 6) is -1.85. The Balaban J connectivity index is 1.62. The van der Waals surface area contributed by atoms with Gasteiger partial charge in [0, 0.05) is 23.2 Å². The van der Waals surface area contributed by atoms with Crippen molar-refractivity contribution in [2.45, 2.75) is 13.5 Å². The van der Waals surface area contributed by atoms with Crippen molar-refractivity contribution >= 4 is 33.3 Å². The first kappa shape index (κ1) is 19.0.